The number of rotatable bonds is 5. The molecule has 0 aliphatic heterocycles. The summed E-state index contributed by atoms with van der Waals surface area (Å²) in [7, 11) is 1.90. The van der Waals surface area contributed by atoms with Crippen LogP contribution in [-0.4, -0.2) is 15.8 Å². The molecule has 1 aliphatic carbocycles. The van der Waals surface area contributed by atoms with Gasteiger partial charge in [-0.3, -0.25) is 4.68 Å². The molecule has 0 spiro atoms. The van der Waals surface area contributed by atoms with Crippen LogP contribution in [0.1, 0.15) is 56.7 Å². The summed E-state index contributed by atoms with van der Waals surface area (Å²) in [5.74, 6) is 0.842. The van der Waals surface area contributed by atoms with Crippen LogP contribution < -0.4 is 5.32 Å². The number of hydrogen-bond acceptors (Lipinski definition) is 2. The Bertz CT molecular complexity index is 408. The molecule has 1 aromatic heterocycles. The number of halogens is 1. The predicted molar refractivity (Wildman–Crippen MR) is 80.4 cm³/mol. The van der Waals surface area contributed by atoms with Gasteiger partial charge in [0.1, 0.15) is 5.15 Å². The van der Waals surface area contributed by atoms with Gasteiger partial charge in [-0.2, -0.15) is 5.10 Å². The van der Waals surface area contributed by atoms with Crippen LogP contribution in [0.3, 0.4) is 0 Å². The van der Waals surface area contributed by atoms with Crippen LogP contribution in [-0.2, 0) is 13.6 Å². The van der Waals surface area contributed by atoms with E-state index in [-0.39, 0.29) is 0 Å². The molecule has 4 heteroatoms. The van der Waals surface area contributed by atoms with E-state index in [9.17, 15) is 0 Å². The van der Waals surface area contributed by atoms with Gasteiger partial charge in [-0.25, -0.2) is 0 Å². The van der Waals surface area contributed by atoms with E-state index < -0.39 is 0 Å². The molecule has 19 heavy (non-hydrogen) atoms. The van der Waals surface area contributed by atoms with Crippen molar-refractivity contribution in [2.75, 3.05) is 0 Å². The lowest BCUT2D eigenvalue weighted by atomic mass is 9.83. The van der Waals surface area contributed by atoms with E-state index in [4.69, 9.17) is 11.6 Å². The molecule has 1 N–H and O–H groups in total. The molecule has 2 rings (SSSR count). The topological polar surface area (TPSA) is 29.9 Å². The molecule has 0 bridgehead atoms. The van der Waals surface area contributed by atoms with Crippen molar-refractivity contribution in [3.8, 4) is 0 Å². The van der Waals surface area contributed by atoms with Crippen molar-refractivity contribution < 1.29 is 0 Å². The van der Waals surface area contributed by atoms with E-state index in [0.29, 0.717) is 6.04 Å². The van der Waals surface area contributed by atoms with Crippen LogP contribution in [0.4, 0.5) is 0 Å². The largest absolute Gasteiger partial charge is 0.309 e. The van der Waals surface area contributed by atoms with E-state index >= 15 is 0 Å². The van der Waals surface area contributed by atoms with Gasteiger partial charge in [-0.1, -0.05) is 37.8 Å². The molecule has 3 nitrogen and oxygen atoms in total. The normalized spacial score (nSPS) is 18.7. The second-order valence-electron chi connectivity index (χ2n) is 5.77. The molecule has 1 aliphatic rings. The number of nitrogens with zero attached hydrogens (tertiary/aromatic N) is 2. The second kappa shape index (κ2) is 6.76. The minimum atomic E-state index is 0.621. The molecule has 0 saturated heterocycles. The summed E-state index contributed by atoms with van der Waals surface area (Å²) in [5.41, 5.74) is 2.19. The van der Waals surface area contributed by atoms with Crippen LogP contribution in [0.2, 0.25) is 5.15 Å². The molecule has 1 fully saturated rings. The van der Waals surface area contributed by atoms with Crippen molar-refractivity contribution in [3.05, 3.63) is 16.4 Å². The van der Waals surface area contributed by atoms with Crippen molar-refractivity contribution in [1.82, 2.24) is 15.1 Å². The Hall–Kier alpha value is -0.540. The highest BCUT2D eigenvalue weighted by Gasteiger charge is 2.22. The summed E-state index contributed by atoms with van der Waals surface area (Å²) in [6, 6.07) is 0.621. The molecule has 1 heterocycles. The maximum absolute atomic E-state index is 6.29. The molecule has 1 aromatic rings. The van der Waals surface area contributed by atoms with Gasteiger partial charge in [-0.15, -0.1) is 0 Å². The van der Waals surface area contributed by atoms with Crippen molar-refractivity contribution in [2.45, 2.75) is 65.0 Å². The Kier molecular flexibility index (Phi) is 5.28. The minimum absolute atomic E-state index is 0.621. The third-order valence-corrected chi connectivity index (χ3v) is 4.94. The lowest BCUT2D eigenvalue weighted by Crippen LogP contribution is -2.36. The number of aryl methyl sites for hydroxylation is 2. The van der Waals surface area contributed by atoms with Gasteiger partial charge in [0, 0.05) is 25.2 Å². The third-order valence-electron chi connectivity index (χ3n) is 4.47. The lowest BCUT2D eigenvalue weighted by molar-refractivity contribution is 0.261. The third kappa shape index (κ3) is 3.51. The van der Waals surface area contributed by atoms with Gasteiger partial charge in [-0.05, 0) is 32.1 Å². The zero-order valence-electron chi connectivity index (χ0n) is 12.4. The summed E-state index contributed by atoms with van der Waals surface area (Å²) < 4.78 is 1.76. The fourth-order valence-corrected chi connectivity index (χ4v) is 3.53. The summed E-state index contributed by atoms with van der Waals surface area (Å²) in [5, 5.41) is 8.85. The van der Waals surface area contributed by atoms with Crippen LogP contribution in [0, 0.1) is 12.8 Å². The molecule has 0 aromatic carbocycles. The molecule has 1 saturated carbocycles. The van der Waals surface area contributed by atoms with Crippen molar-refractivity contribution in [2.24, 2.45) is 13.0 Å². The van der Waals surface area contributed by atoms with E-state index in [1.165, 1.54) is 38.5 Å². The van der Waals surface area contributed by atoms with E-state index in [1.807, 2.05) is 14.0 Å². The van der Waals surface area contributed by atoms with E-state index in [1.54, 1.807) is 4.68 Å². The summed E-state index contributed by atoms with van der Waals surface area (Å²) in [4.78, 5) is 0. The Morgan fingerprint density at radius 2 is 2.05 bits per heavy atom. The Labute approximate surface area is 121 Å². The van der Waals surface area contributed by atoms with Crippen molar-refractivity contribution in [1.29, 1.82) is 0 Å². The molecule has 1 atom stereocenters. The SMILES string of the molecule is CCC(NCc1c(C)nn(C)c1Cl)C1CCCCC1. The second-order valence-corrected chi connectivity index (χ2v) is 6.13. The zero-order chi connectivity index (χ0) is 13.8. The predicted octanol–water partition coefficient (Wildman–Crippen LogP) is 3.83. The highest BCUT2D eigenvalue weighted by Crippen LogP contribution is 2.28. The number of hydrogen-bond donors (Lipinski definition) is 1. The van der Waals surface area contributed by atoms with E-state index in [2.05, 4.69) is 17.3 Å². The lowest BCUT2D eigenvalue weighted by Gasteiger charge is -2.30. The Morgan fingerprint density at radius 3 is 2.58 bits per heavy atom. The molecule has 1 unspecified atom stereocenters. The average Bonchev–Trinajstić information content (AvgIpc) is 2.66. The smallest absolute Gasteiger partial charge is 0.131 e. The average molecular weight is 284 g/mol. The zero-order valence-corrected chi connectivity index (χ0v) is 13.1. The van der Waals surface area contributed by atoms with Gasteiger partial charge < -0.3 is 5.32 Å². The quantitative estimate of drug-likeness (QED) is 0.890. The van der Waals surface area contributed by atoms with Gasteiger partial charge in [0.2, 0.25) is 0 Å². The first-order valence-corrected chi connectivity index (χ1v) is 7.92. The molecular formula is C15H26ClN3. The fraction of sp³-hybridized carbons (Fsp3) is 0.800. The fourth-order valence-electron chi connectivity index (χ4n) is 3.29. The van der Waals surface area contributed by atoms with Gasteiger partial charge in [0.05, 0.1) is 5.69 Å². The first-order chi connectivity index (χ1) is 9.13. The first kappa shape index (κ1) is 14.9. The van der Waals surface area contributed by atoms with Gasteiger partial charge in [0.15, 0.2) is 0 Å². The van der Waals surface area contributed by atoms with Crippen LogP contribution in [0.5, 0.6) is 0 Å². The summed E-state index contributed by atoms with van der Waals surface area (Å²) >= 11 is 6.29. The highest BCUT2D eigenvalue weighted by molar-refractivity contribution is 6.30. The van der Waals surface area contributed by atoms with Crippen LogP contribution in [0.15, 0.2) is 0 Å². The number of nitrogens with one attached hydrogen (secondary N) is 1. The van der Waals surface area contributed by atoms with Crippen LogP contribution >= 0.6 is 11.6 Å². The maximum Gasteiger partial charge on any atom is 0.131 e. The molecule has 0 radical (unpaired) electrons. The minimum Gasteiger partial charge on any atom is -0.309 e. The van der Waals surface area contributed by atoms with E-state index in [0.717, 1.165) is 28.9 Å². The maximum atomic E-state index is 6.29. The molecule has 0 amide bonds. The standard InChI is InChI=1S/C15H26ClN3/c1-4-14(12-8-6-5-7-9-12)17-10-13-11(2)18-19(3)15(13)16/h12,14,17H,4-10H2,1-3H3. The highest BCUT2D eigenvalue weighted by atomic mass is 35.5. The molecular weight excluding hydrogens is 258 g/mol. The van der Waals surface area contributed by atoms with Crippen molar-refractivity contribution >= 4 is 11.6 Å². The van der Waals surface area contributed by atoms with Gasteiger partial charge in [0.25, 0.3) is 0 Å². The molecule has 108 valence electrons. The summed E-state index contributed by atoms with van der Waals surface area (Å²) in [6.07, 6.45) is 8.17. The monoisotopic (exact) mass is 283 g/mol. The Balaban J connectivity index is 1.95. The van der Waals surface area contributed by atoms with Crippen molar-refractivity contribution in [3.63, 3.8) is 0 Å². The van der Waals surface area contributed by atoms with Gasteiger partial charge >= 0.3 is 0 Å². The number of aromatic nitrogens is 2. The van der Waals surface area contributed by atoms with Crippen LogP contribution in [0.25, 0.3) is 0 Å². The Morgan fingerprint density at radius 1 is 1.37 bits per heavy atom. The summed E-state index contributed by atoms with van der Waals surface area (Å²) in [6.45, 7) is 5.15. The first-order valence-electron chi connectivity index (χ1n) is 7.54.